The molecule has 1 amide bonds. The number of ether oxygens (including phenoxy) is 1. The Morgan fingerprint density at radius 1 is 1.19 bits per heavy atom. The molecule has 0 saturated heterocycles. The van der Waals surface area contributed by atoms with Crippen LogP contribution in [0, 0.1) is 5.92 Å². The highest BCUT2D eigenvalue weighted by Crippen LogP contribution is 2.34. The quantitative estimate of drug-likeness (QED) is 0.789. The smallest absolute Gasteiger partial charge is 0.329 e. The molecule has 5 heteroatoms. The Morgan fingerprint density at radius 3 is 2.33 bits per heavy atom. The van der Waals surface area contributed by atoms with E-state index in [9.17, 15) is 14.7 Å². The first-order valence-corrected chi connectivity index (χ1v) is 8.22. The highest BCUT2D eigenvalue weighted by atomic mass is 16.5. The minimum absolute atomic E-state index is 0.0170. The number of hydrogen-bond acceptors (Lipinski definition) is 3. The van der Waals surface area contributed by atoms with Gasteiger partial charge in [-0.05, 0) is 44.4 Å². The number of carboxylic acid groups (broad SMARTS) is 1. The molecule has 2 fully saturated rings. The van der Waals surface area contributed by atoms with Gasteiger partial charge in [0.05, 0.1) is 6.10 Å². The van der Waals surface area contributed by atoms with E-state index in [1.807, 2.05) is 0 Å². The van der Waals surface area contributed by atoms with Crippen molar-refractivity contribution in [1.29, 1.82) is 0 Å². The number of amides is 1. The summed E-state index contributed by atoms with van der Waals surface area (Å²) in [5, 5.41) is 12.3. The van der Waals surface area contributed by atoms with E-state index in [2.05, 4.69) is 12.2 Å². The molecule has 0 aliphatic heterocycles. The lowest BCUT2D eigenvalue weighted by Crippen LogP contribution is -2.57. The predicted molar refractivity (Wildman–Crippen MR) is 79.0 cm³/mol. The molecule has 0 heterocycles. The topological polar surface area (TPSA) is 75.6 Å². The molecule has 2 aliphatic carbocycles. The van der Waals surface area contributed by atoms with Crippen molar-refractivity contribution in [3.8, 4) is 0 Å². The van der Waals surface area contributed by atoms with Gasteiger partial charge in [0.1, 0.15) is 12.1 Å². The van der Waals surface area contributed by atoms with Crippen LogP contribution in [0.4, 0.5) is 0 Å². The van der Waals surface area contributed by atoms with E-state index in [1.165, 1.54) is 0 Å². The first-order valence-electron chi connectivity index (χ1n) is 8.22. The number of rotatable bonds is 6. The molecule has 0 atom stereocenters. The van der Waals surface area contributed by atoms with E-state index in [-0.39, 0.29) is 18.6 Å². The fourth-order valence-electron chi connectivity index (χ4n) is 3.52. The van der Waals surface area contributed by atoms with Crippen LogP contribution in [0.2, 0.25) is 0 Å². The van der Waals surface area contributed by atoms with E-state index < -0.39 is 11.5 Å². The third kappa shape index (κ3) is 4.19. The molecule has 2 rings (SSSR count). The van der Waals surface area contributed by atoms with Crippen LogP contribution >= 0.6 is 0 Å². The van der Waals surface area contributed by atoms with Crippen LogP contribution in [0.1, 0.15) is 64.7 Å². The van der Waals surface area contributed by atoms with Gasteiger partial charge in [0, 0.05) is 0 Å². The second-order valence-electron chi connectivity index (χ2n) is 6.50. The molecule has 0 radical (unpaired) electrons. The highest BCUT2D eigenvalue weighted by molar-refractivity contribution is 5.87. The summed E-state index contributed by atoms with van der Waals surface area (Å²) in [5.41, 5.74) is -1.08. The summed E-state index contributed by atoms with van der Waals surface area (Å²) < 4.78 is 5.57. The zero-order valence-corrected chi connectivity index (χ0v) is 12.9. The Balaban J connectivity index is 1.84. The van der Waals surface area contributed by atoms with Crippen LogP contribution in [0.3, 0.4) is 0 Å². The molecule has 0 unspecified atom stereocenters. The number of aliphatic carboxylic acids is 1. The molecule has 0 bridgehead atoms. The predicted octanol–water partition coefficient (Wildman–Crippen LogP) is 2.49. The van der Waals surface area contributed by atoms with Gasteiger partial charge in [-0.25, -0.2) is 4.79 Å². The van der Waals surface area contributed by atoms with Gasteiger partial charge in [0.2, 0.25) is 5.91 Å². The minimum Gasteiger partial charge on any atom is -0.480 e. The van der Waals surface area contributed by atoms with E-state index in [1.54, 1.807) is 0 Å². The van der Waals surface area contributed by atoms with Crippen molar-refractivity contribution >= 4 is 11.9 Å². The summed E-state index contributed by atoms with van der Waals surface area (Å²) in [4.78, 5) is 23.6. The monoisotopic (exact) mass is 297 g/mol. The number of nitrogens with one attached hydrogen (secondary N) is 1. The number of carboxylic acids is 1. The van der Waals surface area contributed by atoms with Crippen molar-refractivity contribution < 1.29 is 19.4 Å². The average Bonchev–Trinajstić information content (AvgIpc) is 2.99. The van der Waals surface area contributed by atoms with Gasteiger partial charge in [-0.15, -0.1) is 0 Å². The van der Waals surface area contributed by atoms with Crippen LogP contribution in [0.15, 0.2) is 0 Å². The minimum atomic E-state index is -1.08. The van der Waals surface area contributed by atoms with Crippen LogP contribution in [-0.2, 0) is 14.3 Å². The average molecular weight is 297 g/mol. The van der Waals surface area contributed by atoms with Gasteiger partial charge < -0.3 is 15.2 Å². The summed E-state index contributed by atoms with van der Waals surface area (Å²) in [6, 6.07) is 0. The number of carbonyl (C=O) groups excluding carboxylic acids is 1. The Hall–Kier alpha value is -1.10. The molecule has 120 valence electrons. The van der Waals surface area contributed by atoms with E-state index in [4.69, 9.17) is 4.74 Å². The van der Waals surface area contributed by atoms with Crippen LogP contribution in [0.5, 0.6) is 0 Å². The first kappa shape index (κ1) is 16.3. The van der Waals surface area contributed by atoms with Crippen molar-refractivity contribution in [1.82, 2.24) is 5.32 Å². The fraction of sp³-hybridized carbons (Fsp3) is 0.875. The molecule has 0 aromatic rings. The Morgan fingerprint density at radius 2 is 1.81 bits per heavy atom. The van der Waals surface area contributed by atoms with Gasteiger partial charge in [-0.3, -0.25) is 4.79 Å². The van der Waals surface area contributed by atoms with Crippen molar-refractivity contribution in [3.63, 3.8) is 0 Å². The van der Waals surface area contributed by atoms with Gasteiger partial charge in [-0.1, -0.05) is 26.2 Å². The molecule has 5 nitrogen and oxygen atoms in total. The molecule has 2 N–H and O–H groups in total. The van der Waals surface area contributed by atoms with E-state index >= 15 is 0 Å². The summed E-state index contributed by atoms with van der Waals surface area (Å²) in [5.74, 6) is -0.616. The van der Waals surface area contributed by atoms with Gasteiger partial charge in [-0.2, -0.15) is 0 Å². The molecular weight excluding hydrogens is 270 g/mol. The maximum Gasteiger partial charge on any atom is 0.329 e. The zero-order valence-electron chi connectivity index (χ0n) is 12.9. The third-order valence-corrected chi connectivity index (χ3v) is 5.08. The summed E-state index contributed by atoms with van der Waals surface area (Å²) in [7, 11) is 0. The van der Waals surface area contributed by atoms with Gasteiger partial charge in [0.15, 0.2) is 0 Å². The van der Waals surface area contributed by atoms with E-state index in [0.29, 0.717) is 18.8 Å². The number of carbonyl (C=O) groups is 2. The number of hydrogen-bond donors (Lipinski definition) is 2. The van der Waals surface area contributed by atoms with Crippen molar-refractivity contribution in [2.45, 2.75) is 76.4 Å². The Kier molecular flexibility index (Phi) is 5.62. The Bertz CT molecular complexity index is 368. The van der Waals surface area contributed by atoms with Gasteiger partial charge >= 0.3 is 5.97 Å². The summed E-state index contributed by atoms with van der Waals surface area (Å²) >= 11 is 0. The molecule has 21 heavy (non-hydrogen) atoms. The molecule has 0 aromatic carbocycles. The molecule has 2 saturated carbocycles. The molecule has 2 aliphatic rings. The summed E-state index contributed by atoms with van der Waals surface area (Å²) in [6.07, 6.45) is 8.37. The van der Waals surface area contributed by atoms with Gasteiger partial charge in [0.25, 0.3) is 0 Å². The van der Waals surface area contributed by atoms with Crippen molar-refractivity contribution in [3.05, 3.63) is 0 Å². The lowest BCUT2D eigenvalue weighted by atomic mass is 9.75. The summed E-state index contributed by atoms with van der Waals surface area (Å²) in [6.45, 7) is 2.11. The zero-order chi connectivity index (χ0) is 15.3. The van der Waals surface area contributed by atoms with Crippen molar-refractivity contribution in [2.24, 2.45) is 5.92 Å². The maximum absolute atomic E-state index is 12.0. The Labute approximate surface area is 126 Å². The first-order chi connectivity index (χ1) is 10.1. The molecule has 0 aromatic heterocycles. The second-order valence-corrected chi connectivity index (χ2v) is 6.50. The van der Waals surface area contributed by atoms with E-state index in [0.717, 1.165) is 44.9 Å². The second kappa shape index (κ2) is 7.25. The van der Waals surface area contributed by atoms with Crippen LogP contribution < -0.4 is 5.32 Å². The SMILES string of the molecule is CCC1CCC(NC(=O)COC2CCCC2)(C(=O)O)CC1. The lowest BCUT2D eigenvalue weighted by molar-refractivity contribution is -0.150. The van der Waals surface area contributed by atoms with Crippen LogP contribution in [0.25, 0.3) is 0 Å². The molecule has 0 spiro atoms. The van der Waals surface area contributed by atoms with Crippen LogP contribution in [-0.4, -0.2) is 35.2 Å². The third-order valence-electron chi connectivity index (χ3n) is 5.08. The molecular formula is C16H27NO4. The lowest BCUT2D eigenvalue weighted by Gasteiger charge is -2.37. The maximum atomic E-state index is 12.0. The normalized spacial score (nSPS) is 30.2. The van der Waals surface area contributed by atoms with Crippen molar-refractivity contribution in [2.75, 3.05) is 6.61 Å². The standard InChI is InChI=1S/C16H27NO4/c1-2-12-7-9-16(10-8-12,15(19)20)17-14(18)11-21-13-5-3-4-6-13/h12-13H,2-11H2,1H3,(H,17,18)(H,19,20). The largest absolute Gasteiger partial charge is 0.480 e. The highest BCUT2D eigenvalue weighted by Gasteiger charge is 2.42. The fourth-order valence-corrected chi connectivity index (χ4v) is 3.52.